The summed E-state index contributed by atoms with van der Waals surface area (Å²) in [6.45, 7) is 2.18. The maximum atomic E-state index is 9.11. The van der Waals surface area contributed by atoms with Gasteiger partial charge in [0.25, 0.3) is 0 Å². The summed E-state index contributed by atoms with van der Waals surface area (Å²) in [6.07, 6.45) is 2.25. The number of anilines is 1. The molecule has 102 valence electrons. The van der Waals surface area contributed by atoms with Crippen molar-refractivity contribution in [2.75, 3.05) is 19.0 Å². The molecule has 0 aliphatic rings. The van der Waals surface area contributed by atoms with Crippen LogP contribution in [0.4, 0.5) is 5.82 Å². The highest BCUT2D eigenvalue weighted by atomic mass is 15.1. The fraction of sp³-hybridized carbons (Fsp3) is 0.294. The molecule has 0 aliphatic heterocycles. The largest absolute Gasteiger partial charge is 0.362 e. The van der Waals surface area contributed by atoms with Gasteiger partial charge in [0.2, 0.25) is 0 Å². The minimum Gasteiger partial charge on any atom is -0.362 e. The summed E-state index contributed by atoms with van der Waals surface area (Å²) in [6, 6.07) is 14.4. The molecule has 2 aromatic rings. The molecule has 0 bridgehead atoms. The van der Waals surface area contributed by atoms with Gasteiger partial charge in [-0.3, -0.25) is 0 Å². The Morgan fingerprint density at radius 1 is 1.10 bits per heavy atom. The van der Waals surface area contributed by atoms with Crippen LogP contribution < -0.4 is 4.90 Å². The van der Waals surface area contributed by atoms with Crippen molar-refractivity contribution in [3.05, 3.63) is 47.5 Å². The smallest absolute Gasteiger partial charge is 0.146 e. The summed E-state index contributed by atoms with van der Waals surface area (Å²) >= 11 is 0. The van der Waals surface area contributed by atoms with Crippen LogP contribution in [0.15, 0.2) is 36.4 Å². The molecule has 0 saturated heterocycles. The summed E-state index contributed by atoms with van der Waals surface area (Å²) in [4.78, 5) is 6.46. The summed E-state index contributed by atoms with van der Waals surface area (Å²) < 4.78 is 0. The van der Waals surface area contributed by atoms with Gasteiger partial charge in [-0.25, -0.2) is 4.98 Å². The van der Waals surface area contributed by atoms with Crippen LogP contribution in [0.3, 0.4) is 0 Å². The van der Waals surface area contributed by atoms with E-state index in [4.69, 9.17) is 5.26 Å². The standard InChI is InChI=1S/C17H19N3/c1-4-5-13-6-8-14(9-7-13)16-11-10-15(12-18)17(19-16)20(2)3/h6-11H,4-5H2,1-3H3. The Morgan fingerprint density at radius 2 is 1.80 bits per heavy atom. The molecule has 0 unspecified atom stereocenters. The van der Waals surface area contributed by atoms with Gasteiger partial charge in [-0.2, -0.15) is 5.26 Å². The van der Waals surface area contributed by atoms with Crippen molar-refractivity contribution in [3.8, 4) is 17.3 Å². The van der Waals surface area contributed by atoms with Gasteiger partial charge in [-0.1, -0.05) is 37.6 Å². The molecule has 0 spiro atoms. The Hall–Kier alpha value is -2.34. The highest BCUT2D eigenvalue weighted by Crippen LogP contribution is 2.23. The predicted octanol–water partition coefficient (Wildman–Crippen LogP) is 3.64. The topological polar surface area (TPSA) is 39.9 Å². The van der Waals surface area contributed by atoms with Crippen LogP contribution in [0.1, 0.15) is 24.5 Å². The van der Waals surface area contributed by atoms with Crippen molar-refractivity contribution in [3.63, 3.8) is 0 Å². The molecule has 0 fully saturated rings. The molecule has 3 nitrogen and oxygen atoms in total. The van der Waals surface area contributed by atoms with E-state index in [1.807, 2.05) is 31.1 Å². The highest BCUT2D eigenvalue weighted by molar-refractivity contribution is 5.65. The van der Waals surface area contributed by atoms with Crippen LogP contribution in [-0.4, -0.2) is 19.1 Å². The summed E-state index contributed by atoms with van der Waals surface area (Å²) in [5, 5.41) is 9.11. The average molecular weight is 265 g/mol. The third kappa shape index (κ3) is 2.97. The number of hydrogen-bond donors (Lipinski definition) is 0. The fourth-order valence-corrected chi connectivity index (χ4v) is 2.17. The third-order valence-corrected chi connectivity index (χ3v) is 3.21. The summed E-state index contributed by atoms with van der Waals surface area (Å²) in [7, 11) is 3.80. The van der Waals surface area contributed by atoms with E-state index in [9.17, 15) is 0 Å². The molecular weight excluding hydrogens is 246 g/mol. The molecule has 0 atom stereocenters. The summed E-state index contributed by atoms with van der Waals surface area (Å²) in [5.74, 6) is 0.711. The first-order valence-electron chi connectivity index (χ1n) is 6.83. The molecule has 20 heavy (non-hydrogen) atoms. The van der Waals surface area contributed by atoms with Gasteiger partial charge >= 0.3 is 0 Å². The van der Waals surface area contributed by atoms with Gasteiger partial charge < -0.3 is 4.90 Å². The quantitative estimate of drug-likeness (QED) is 0.847. The number of pyridine rings is 1. The second kappa shape index (κ2) is 6.21. The molecule has 0 amide bonds. The van der Waals surface area contributed by atoms with E-state index < -0.39 is 0 Å². The Morgan fingerprint density at radius 3 is 2.35 bits per heavy atom. The van der Waals surface area contributed by atoms with Gasteiger partial charge in [-0.15, -0.1) is 0 Å². The molecule has 0 aliphatic carbocycles. The van der Waals surface area contributed by atoms with Crippen molar-refractivity contribution >= 4 is 5.82 Å². The highest BCUT2D eigenvalue weighted by Gasteiger charge is 2.08. The van der Waals surface area contributed by atoms with E-state index in [0.717, 1.165) is 24.1 Å². The summed E-state index contributed by atoms with van der Waals surface area (Å²) in [5.41, 5.74) is 3.92. The van der Waals surface area contributed by atoms with Crippen molar-refractivity contribution in [1.82, 2.24) is 4.98 Å². The Labute approximate surface area is 120 Å². The molecule has 0 radical (unpaired) electrons. The first kappa shape index (κ1) is 14.1. The molecule has 0 saturated carbocycles. The van der Waals surface area contributed by atoms with E-state index in [0.29, 0.717) is 11.4 Å². The van der Waals surface area contributed by atoms with Gasteiger partial charge in [0.05, 0.1) is 11.3 Å². The normalized spacial score (nSPS) is 10.1. The number of rotatable bonds is 4. The molecule has 1 aromatic heterocycles. The first-order chi connectivity index (χ1) is 9.65. The minimum absolute atomic E-state index is 0.598. The number of nitriles is 1. The van der Waals surface area contributed by atoms with E-state index in [1.165, 1.54) is 5.56 Å². The van der Waals surface area contributed by atoms with Crippen LogP contribution in [0.2, 0.25) is 0 Å². The van der Waals surface area contributed by atoms with Gasteiger partial charge in [0.1, 0.15) is 11.9 Å². The first-order valence-corrected chi connectivity index (χ1v) is 6.83. The average Bonchev–Trinajstić information content (AvgIpc) is 2.47. The zero-order valence-electron chi connectivity index (χ0n) is 12.2. The van der Waals surface area contributed by atoms with E-state index in [2.05, 4.69) is 42.2 Å². The van der Waals surface area contributed by atoms with Crippen LogP contribution >= 0.6 is 0 Å². The van der Waals surface area contributed by atoms with Crippen LogP contribution in [-0.2, 0) is 6.42 Å². The van der Waals surface area contributed by atoms with Crippen molar-refractivity contribution in [1.29, 1.82) is 5.26 Å². The third-order valence-electron chi connectivity index (χ3n) is 3.21. The zero-order valence-corrected chi connectivity index (χ0v) is 12.2. The molecule has 2 rings (SSSR count). The lowest BCUT2D eigenvalue weighted by atomic mass is 10.1. The number of hydrogen-bond acceptors (Lipinski definition) is 3. The molecule has 3 heteroatoms. The van der Waals surface area contributed by atoms with Crippen molar-refractivity contribution in [2.45, 2.75) is 19.8 Å². The van der Waals surface area contributed by atoms with Crippen LogP contribution in [0.25, 0.3) is 11.3 Å². The second-order valence-corrected chi connectivity index (χ2v) is 5.02. The minimum atomic E-state index is 0.598. The lowest BCUT2D eigenvalue weighted by molar-refractivity contribution is 0.922. The van der Waals surface area contributed by atoms with Gasteiger partial charge in [-0.05, 0) is 24.1 Å². The van der Waals surface area contributed by atoms with Crippen molar-refractivity contribution in [2.24, 2.45) is 0 Å². The Bertz CT molecular complexity index is 622. The number of aryl methyl sites for hydroxylation is 1. The van der Waals surface area contributed by atoms with E-state index in [-0.39, 0.29) is 0 Å². The molecule has 0 N–H and O–H groups in total. The number of aromatic nitrogens is 1. The molecule has 1 aromatic carbocycles. The van der Waals surface area contributed by atoms with Gasteiger partial charge in [0.15, 0.2) is 0 Å². The predicted molar refractivity (Wildman–Crippen MR) is 82.7 cm³/mol. The van der Waals surface area contributed by atoms with E-state index in [1.54, 1.807) is 0 Å². The number of nitrogens with zero attached hydrogens (tertiary/aromatic N) is 3. The second-order valence-electron chi connectivity index (χ2n) is 5.02. The molecular formula is C17H19N3. The fourth-order valence-electron chi connectivity index (χ4n) is 2.17. The monoisotopic (exact) mass is 265 g/mol. The maximum absolute atomic E-state index is 9.11. The maximum Gasteiger partial charge on any atom is 0.146 e. The lowest BCUT2D eigenvalue weighted by Crippen LogP contribution is -2.12. The molecule has 1 heterocycles. The lowest BCUT2D eigenvalue weighted by Gasteiger charge is -2.14. The van der Waals surface area contributed by atoms with Gasteiger partial charge in [0, 0.05) is 19.7 Å². The number of benzene rings is 1. The Balaban J connectivity index is 2.38. The van der Waals surface area contributed by atoms with E-state index >= 15 is 0 Å². The van der Waals surface area contributed by atoms with Crippen LogP contribution in [0.5, 0.6) is 0 Å². The van der Waals surface area contributed by atoms with Crippen molar-refractivity contribution < 1.29 is 0 Å². The van der Waals surface area contributed by atoms with Crippen LogP contribution in [0, 0.1) is 11.3 Å². The zero-order chi connectivity index (χ0) is 14.5. The SMILES string of the molecule is CCCc1ccc(-c2ccc(C#N)c(N(C)C)n2)cc1. The Kier molecular flexibility index (Phi) is 4.37.